The zero-order valence-corrected chi connectivity index (χ0v) is 18.9. The normalized spacial score (nSPS) is 11.6. The molecule has 0 radical (unpaired) electrons. The third-order valence-corrected chi connectivity index (χ3v) is 5.02. The Balaban J connectivity index is 1.78. The molecule has 0 fully saturated rings. The second-order valence-corrected chi connectivity index (χ2v) is 7.54. The first-order chi connectivity index (χ1) is 16.6. The van der Waals surface area contributed by atoms with E-state index in [2.05, 4.69) is 25.3 Å². The smallest absolute Gasteiger partial charge is 0.326 e. The van der Waals surface area contributed by atoms with Crippen molar-refractivity contribution in [3.8, 4) is 5.75 Å². The summed E-state index contributed by atoms with van der Waals surface area (Å²) < 4.78 is 5.33. The average molecular weight is 484 g/mol. The first-order valence-corrected chi connectivity index (χ1v) is 10.3. The molecule has 0 bridgehead atoms. The number of fused-ring (bicyclic) bond motifs is 1. The van der Waals surface area contributed by atoms with E-state index in [1.165, 1.54) is 19.4 Å². The van der Waals surface area contributed by atoms with Gasteiger partial charge in [0, 0.05) is 25.2 Å². The summed E-state index contributed by atoms with van der Waals surface area (Å²) in [7, 11) is 3.16. The molecule has 0 spiro atoms. The van der Waals surface area contributed by atoms with Gasteiger partial charge in [-0.3, -0.25) is 9.59 Å². The number of carboxylic acid groups (broad SMARTS) is 2. The fraction of sp³-hybridized carbons (Fsp3) is 0.286. The number of hydrogen-bond acceptors (Lipinski definition) is 11. The van der Waals surface area contributed by atoms with Gasteiger partial charge in [-0.25, -0.2) is 14.8 Å². The molecular weight excluding hydrogens is 460 g/mol. The van der Waals surface area contributed by atoms with Gasteiger partial charge in [0.25, 0.3) is 5.91 Å². The molecule has 184 valence electrons. The number of nitrogens with one attached hydrogen (secondary N) is 1. The quantitative estimate of drug-likeness (QED) is 0.261. The highest BCUT2D eigenvalue weighted by Gasteiger charge is 2.23. The molecule has 0 saturated heterocycles. The Morgan fingerprint density at radius 1 is 1.17 bits per heavy atom. The fourth-order valence-corrected chi connectivity index (χ4v) is 3.26. The Morgan fingerprint density at radius 2 is 1.91 bits per heavy atom. The summed E-state index contributed by atoms with van der Waals surface area (Å²) in [5, 5.41) is 20.4. The van der Waals surface area contributed by atoms with Crippen LogP contribution in [-0.4, -0.2) is 68.2 Å². The second-order valence-electron chi connectivity index (χ2n) is 7.54. The molecule has 2 heterocycles. The number of nitrogens with zero attached hydrogens (tertiary/aromatic N) is 5. The van der Waals surface area contributed by atoms with Gasteiger partial charge >= 0.3 is 11.9 Å². The minimum Gasteiger partial charge on any atom is -0.496 e. The highest BCUT2D eigenvalue weighted by molar-refractivity contribution is 5.99. The van der Waals surface area contributed by atoms with Crippen LogP contribution in [0.5, 0.6) is 5.75 Å². The van der Waals surface area contributed by atoms with Gasteiger partial charge in [-0.1, -0.05) is 0 Å². The molecule has 3 rings (SSSR count). The molecule has 1 atom stereocenters. The van der Waals surface area contributed by atoms with Crippen molar-refractivity contribution in [1.29, 1.82) is 0 Å². The molecule has 0 aliphatic rings. The van der Waals surface area contributed by atoms with Crippen LogP contribution >= 0.6 is 0 Å². The second kappa shape index (κ2) is 10.5. The van der Waals surface area contributed by atoms with Crippen molar-refractivity contribution in [2.75, 3.05) is 30.5 Å². The van der Waals surface area contributed by atoms with Gasteiger partial charge in [-0.05, 0) is 18.6 Å². The molecule has 0 saturated carbocycles. The number of hydrogen-bond donors (Lipinski definition) is 5. The Kier molecular flexibility index (Phi) is 7.43. The van der Waals surface area contributed by atoms with Crippen molar-refractivity contribution in [2.24, 2.45) is 0 Å². The Hall–Kier alpha value is -4.75. The van der Waals surface area contributed by atoms with E-state index in [1.807, 2.05) is 4.90 Å². The van der Waals surface area contributed by atoms with E-state index in [0.717, 1.165) is 0 Å². The number of aromatic nitrogens is 4. The maximum atomic E-state index is 12.7. The lowest BCUT2D eigenvalue weighted by molar-refractivity contribution is -0.140. The highest BCUT2D eigenvalue weighted by atomic mass is 16.5. The first kappa shape index (κ1) is 24.9. The number of aliphatic carboxylic acids is 2. The van der Waals surface area contributed by atoms with Gasteiger partial charge in [0.15, 0.2) is 17.0 Å². The van der Waals surface area contributed by atoms with Gasteiger partial charge in [0.05, 0.1) is 31.1 Å². The number of carbonyl (C=O) groups excluding carboxylic acids is 1. The molecule has 14 heteroatoms. The van der Waals surface area contributed by atoms with E-state index in [4.69, 9.17) is 21.3 Å². The number of benzene rings is 1. The van der Waals surface area contributed by atoms with Gasteiger partial charge in [-0.2, -0.15) is 9.97 Å². The molecule has 1 amide bonds. The number of amides is 1. The molecule has 7 N–H and O–H groups in total. The number of rotatable bonds is 10. The zero-order valence-electron chi connectivity index (χ0n) is 18.9. The maximum Gasteiger partial charge on any atom is 0.326 e. The molecule has 1 aromatic carbocycles. The van der Waals surface area contributed by atoms with Crippen molar-refractivity contribution in [1.82, 2.24) is 25.3 Å². The number of anilines is 3. The van der Waals surface area contributed by atoms with Gasteiger partial charge < -0.3 is 36.6 Å². The van der Waals surface area contributed by atoms with Crippen LogP contribution < -0.4 is 26.4 Å². The maximum absolute atomic E-state index is 12.7. The van der Waals surface area contributed by atoms with Crippen LogP contribution in [0.25, 0.3) is 11.2 Å². The minimum atomic E-state index is -1.36. The number of carboxylic acids is 2. The molecule has 0 unspecified atom stereocenters. The lowest BCUT2D eigenvalue weighted by atomic mass is 10.1. The number of nitrogens with two attached hydrogens (primary N) is 2. The highest BCUT2D eigenvalue weighted by Crippen LogP contribution is 2.26. The number of ether oxygens (including phenoxy) is 1. The van der Waals surface area contributed by atoms with Crippen LogP contribution in [0.1, 0.15) is 28.9 Å². The summed E-state index contributed by atoms with van der Waals surface area (Å²) in [6, 6.07) is 3.38. The third-order valence-electron chi connectivity index (χ3n) is 5.02. The predicted octanol–water partition coefficient (Wildman–Crippen LogP) is 0.277. The van der Waals surface area contributed by atoms with E-state index in [0.29, 0.717) is 23.4 Å². The van der Waals surface area contributed by atoms with E-state index >= 15 is 0 Å². The summed E-state index contributed by atoms with van der Waals surface area (Å²) >= 11 is 0. The molecule has 3 aromatic rings. The molecule has 0 aliphatic carbocycles. The standard InChI is InChI=1S/C21H24N8O6/c1-29(9-10-8-24-18-16(25-10)17(22)27-21(23)28-18)11-3-4-12(14(7-11)35-2)19(32)26-13(20(33)34)5-6-15(30)31/h3-4,7-8,13H,5-6,9H2,1-2H3,(H,26,32)(H,30,31)(H,33,34)(H4,22,23,24,27,28)/t13-/m0/s1. The van der Waals surface area contributed by atoms with Crippen molar-refractivity contribution in [3.05, 3.63) is 35.7 Å². The molecular formula is C21H24N8O6. The molecule has 35 heavy (non-hydrogen) atoms. The average Bonchev–Trinajstić information content (AvgIpc) is 2.81. The lowest BCUT2D eigenvalue weighted by Gasteiger charge is -2.21. The van der Waals surface area contributed by atoms with Crippen LogP contribution in [0.3, 0.4) is 0 Å². The Labute approximate surface area is 199 Å². The Bertz CT molecular complexity index is 1280. The summed E-state index contributed by atoms with van der Waals surface area (Å²) in [4.78, 5) is 53.2. The summed E-state index contributed by atoms with van der Waals surface area (Å²) in [5.41, 5.74) is 13.4. The monoisotopic (exact) mass is 484 g/mol. The molecule has 2 aromatic heterocycles. The summed E-state index contributed by atoms with van der Waals surface area (Å²) in [6.45, 7) is 0.317. The van der Waals surface area contributed by atoms with E-state index in [1.54, 1.807) is 19.2 Å². The first-order valence-electron chi connectivity index (χ1n) is 10.3. The molecule has 14 nitrogen and oxygen atoms in total. The van der Waals surface area contributed by atoms with Crippen LogP contribution in [-0.2, 0) is 16.1 Å². The minimum absolute atomic E-state index is 0.00181. The number of nitrogen functional groups attached to an aromatic ring is 2. The number of methoxy groups -OCH3 is 1. The Morgan fingerprint density at radius 3 is 2.57 bits per heavy atom. The van der Waals surface area contributed by atoms with Crippen LogP contribution in [0, 0.1) is 0 Å². The zero-order chi connectivity index (χ0) is 25.7. The van der Waals surface area contributed by atoms with Gasteiger partial charge in [0.1, 0.15) is 11.8 Å². The lowest BCUT2D eigenvalue weighted by Crippen LogP contribution is -2.41. The molecule has 0 aliphatic heterocycles. The fourth-order valence-electron chi connectivity index (χ4n) is 3.26. The van der Waals surface area contributed by atoms with Gasteiger partial charge in [-0.15, -0.1) is 0 Å². The van der Waals surface area contributed by atoms with E-state index < -0.39 is 30.3 Å². The van der Waals surface area contributed by atoms with Crippen LogP contribution in [0.15, 0.2) is 24.4 Å². The van der Waals surface area contributed by atoms with E-state index in [-0.39, 0.29) is 35.1 Å². The SMILES string of the molecule is COc1cc(N(C)Cc2cnc3nc(N)nc(N)c3n2)ccc1C(=O)N[C@@H](CCC(=O)O)C(=O)O. The predicted molar refractivity (Wildman–Crippen MR) is 125 cm³/mol. The van der Waals surface area contributed by atoms with Crippen molar-refractivity contribution >= 4 is 46.5 Å². The van der Waals surface area contributed by atoms with Gasteiger partial charge in [0.2, 0.25) is 5.95 Å². The van der Waals surface area contributed by atoms with Crippen LogP contribution in [0.2, 0.25) is 0 Å². The van der Waals surface area contributed by atoms with Crippen LogP contribution in [0.4, 0.5) is 17.5 Å². The summed E-state index contributed by atoms with van der Waals surface area (Å²) in [5.74, 6) is -2.88. The number of carbonyl (C=O) groups is 3. The van der Waals surface area contributed by atoms with E-state index in [9.17, 15) is 19.5 Å². The van der Waals surface area contributed by atoms with Crippen molar-refractivity contribution in [2.45, 2.75) is 25.4 Å². The van der Waals surface area contributed by atoms with Crippen molar-refractivity contribution in [3.63, 3.8) is 0 Å². The topological polar surface area (TPSA) is 220 Å². The van der Waals surface area contributed by atoms with Crippen molar-refractivity contribution < 1.29 is 29.3 Å². The third kappa shape index (κ3) is 5.98. The largest absolute Gasteiger partial charge is 0.496 e. The summed E-state index contributed by atoms with van der Waals surface area (Å²) in [6.07, 6.45) is 0.877.